The minimum atomic E-state index is -0.485. The molecule has 1 atom stereocenters. The molecular formula is C25H23FN4O2. The highest BCUT2D eigenvalue weighted by Crippen LogP contribution is 2.24. The predicted molar refractivity (Wildman–Crippen MR) is 120 cm³/mol. The number of carbonyl (C=O) groups is 2. The van der Waals surface area contributed by atoms with E-state index >= 15 is 0 Å². The number of amides is 2. The molecule has 3 aromatic carbocycles. The van der Waals surface area contributed by atoms with Gasteiger partial charge in [0, 0.05) is 7.05 Å². The van der Waals surface area contributed by atoms with Crippen LogP contribution in [0.15, 0.2) is 78.9 Å². The molecule has 0 radical (unpaired) electrons. The third-order valence-electron chi connectivity index (χ3n) is 5.22. The Bertz CT molecular complexity index is 1250. The zero-order chi connectivity index (χ0) is 22.5. The van der Waals surface area contributed by atoms with Crippen molar-refractivity contribution in [3.8, 4) is 0 Å². The van der Waals surface area contributed by atoms with Crippen LogP contribution in [0.3, 0.4) is 0 Å². The van der Waals surface area contributed by atoms with Crippen LogP contribution in [0.1, 0.15) is 23.0 Å². The molecule has 0 saturated carbocycles. The molecule has 0 spiro atoms. The van der Waals surface area contributed by atoms with Gasteiger partial charge in [0.25, 0.3) is 0 Å². The standard InChI is InChI=1S/C25H23FN4O2/c1-30-21-13-6-5-12-20(21)28-25(30)24(18-9-3-2-4-10-18)29-23(32)16-27-22(31)15-17-8-7-11-19(26)14-17/h2-14,24H,15-16H2,1H3,(H,27,31)(H,29,32). The molecule has 1 aromatic heterocycles. The first-order chi connectivity index (χ1) is 15.5. The quantitative estimate of drug-likeness (QED) is 0.473. The summed E-state index contributed by atoms with van der Waals surface area (Å²) in [5.41, 5.74) is 3.22. The van der Waals surface area contributed by atoms with Crippen molar-refractivity contribution < 1.29 is 14.0 Å². The molecule has 4 rings (SSSR count). The van der Waals surface area contributed by atoms with Gasteiger partial charge in [0.2, 0.25) is 11.8 Å². The molecule has 0 aliphatic rings. The van der Waals surface area contributed by atoms with E-state index in [0.717, 1.165) is 16.6 Å². The van der Waals surface area contributed by atoms with Crippen molar-refractivity contribution in [2.24, 2.45) is 7.05 Å². The van der Waals surface area contributed by atoms with E-state index in [-0.39, 0.29) is 24.8 Å². The average Bonchev–Trinajstić information content (AvgIpc) is 3.13. The number of nitrogens with zero attached hydrogens (tertiary/aromatic N) is 2. The van der Waals surface area contributed by atoms with Gasteiger partial charge in [-0.1, -0.05) is 54.6 Å². The molecule has 0 saturated heterocycles. The zero-order valence-electron chi connectivity index (χ0n) is 17.6. The molecule has 6 nitrogen and oxygen atoms in total. The van der Waals surface area contributed by atoms with Crippen LogP contribution in [0.5, 0.6) is 0 Å². The van der Waals surface area contributed by atoms with Gasteiger partial charge in [-0.05, 0) is 35.4 Å². The molecule has 7 heteroatoms. The van der Waals surface area contributed by atoms with Crippen molar-refractivity contribution in [1.29, 1.82) is 0 Å². The topological polar surface area (TPSA) is 76.0 Å². The van der Waals surface area contributed by atoms with Crippen LogP contribution in [-0.2, 0) is 23.1 Å². The summed E-state index contributed by atoms with van der Waals surface area (Å²) in [5.74, 6) is -0.415. The van der Waals surface area contributed by atoms with Crippen molar-refractivity contribution >= 4 is 22.8 Å². The molecule has 32 heavy (non-hydrogen) atoms. The van der Waals surface area contributed by atoms with Crippen LogP contribution in [0.2, 0.25) is 0 Å². The monoisotopic (exact) mass is 430 g/mol. The zero-order valence-corrected chi connectivity index (χ0v) is 17.6. The summed E-state index contributed by atoms with van der Waals surface area (Å²) in [6, 6.07) is 22.7. The fourth-order valence-electron chi connectivity index (χ4n) is 3.65. The summed E-state index contributed by atoms with van der Waals surface area (Å²) in [6.07, 6.45) is -0.00207. The molecule has 4 aromatic rings. The number of rotatable bonds is 7. The van der Waals surface area contributed by atoms with Gasteiger partial charge in [-0.2, -0.15) is 0 Å². The summed E-state index contributed by atoms with van der Waals surface area (Å²) in [7, 11) is 1.91. The predicted octanol–water partition coefficient (Wildman–Crippen LogP) is 3.28. The van der Waals surface area contributed by atoms with E-state index in [1.807, 2.05) is 66.2 Å². The van der Waals surface area contributed by atoms with E-state index in [1.165, 1.54) is 12.1 Å². The van der Waals surface area contributed by atoms with E-state index in [0.29, 0.717) is 11.4 Å². The largest absolute Gasteiger partial charge is 0.347 e. The summed E-state index contributed by atoms with van der Waals surface area (Å²) < 4.78 is 15.3. The number of imidazole rings is 1. The van der Waals surface area contributed by atoms with Crippen LogP contribution < -0.4 is 10.6 Å². The highest BCUT2D eigenvalue weighted by atomic mass is 19.1. The molecule has 162 valence electrons. The van der Waals surface area contributed by atoms with Crippen LogP contribution >= 0.6 is 0 Å². The van der Waals surface area contributed by atoms with E-state index < -0.39 is 11.9 Å². The van der Waals surface area contributed by atoms with Crippen LogP contribution in [0.4, 0.5) is 4.39 Å². The van der Waals surface area contributed by atoms with Gasteiger partial charge in [0.1, 0.15) is 17.7 Å². The van der Waals surface area contributed by atoms with Crippen LogP contribution in [-0.4, -0.2) is 27.9 Å². The first-order valence-electron chi connectivity index (χ1n) is 10.3. The minimum absolute atomic E-state index is 0.00207. The number of fused-ring (bicyclic) bond motifs is 1. The van der Waals surface area contributed by atoms with E-state index in [4.69, 9.17) is 4.98 Å². The van der Waals surface area contributed by atoms with Crippen molar-refractivity contribution in [3.05, 3.63) is 102 Å². The van der Waals surface area contributed by atoms with Gasteiger partial charge >= 0.3 is 0 Å². The Morgan fingerprint density at radius 1 is 0.969 bits per heavy atom. The smallest absolute Gasteiger partial charge is 0.240 e. The van der Waals surface area contributed by atoms with Gasteiger partial charge in [-0.15, -0.1) is 0 Å². The molecule has 0 bridgehead atoms. The number of hydrogen-bond acceptors (Lipinski definition) is 3. The summed E-state index contributed by atoms with van der Waals surface area (Å²) >= 11 is 0. The Hall–Kier alpha value is -4.00. The highest BCUT2D eigenvalue weighted by molar-refractivity contribution is 5.86. The minimum Gasteiger partial charge on any atom is -0.347 e. The lowest BCUT2D eigenvalue weighted by Crippen LogP contribution is -2.40. The number of benzene rings is 3. The molecule has 0 fully saturated rings. The third-order valence-corrected chi connectivity index (χ3v) is 5.22. The van der Waals surface area contributed by atoms with E-state index in [1.54, 1.807) is 12.1 Å². The maximum Gasteiger partial charge on any atom is 0.240 e. The normalized spacial score (nSPS) is 11.8. The highest BCUT2D eigenvalue weighted by Gasteiger charge is 2.22. The number of aryl methyl sites for hydroxylation is 1. The molecule has 1 unspecified atom stereocenters. The SMILES string of the molecule is Cn1c(C(NC(=O)CNC(=O)Cc2cccc(F)c2)c2ccccc2)nc2ccccc21. The third kappa shape index (κ3) is 4.83. The first-order valence-corrected chi connectivity index (χ1v) is 10.3. The van der Waals surface area contributed by atoms with Gasteiger partial charge in [-0.25, -0.2) is 9.37 Å². The number of nitrogens with one attached hydrogen (secondary N) is 2. The molecule has 2 N–H and O–H groups in total. The fraction of sp³-hybridized carbons (Fsp3) is 0.160. The second-order valence-electron chi connectivity index (χ2n) is 7.51. The van der Waals surface area contributed by atoms with Gasteiger partial charge in [0.05, 0.1) is 24.0 Å². The Labute approximate surface area is 185 Å². The molecule has 0 aliphatic carbocycles. The summed E-state index contributed by atoms with van der Waals surface area (Å²) in [5, 5.41) is 5.58. The number of aromatic nitrogens is 2. The van der Waals surface area contributed by atoms with Gasteiger partial charge in [0.15, 0.2) is 0 Å². The van der Waals surface area contributed by atoms with Crippen molar-refractivity contribution in [1.82, 2.24) is 20.2 Å². The van der Waals surface area contributed by atoms with Crippen LogP contribution in [0, 0.1) is 5.82 Å². The van der Waals surface area contributed by atoms with E-state index in [2.05, 4.69) is 10.6 Å². The molecule has 1 heterocycles. The number of hydrogen-bond donors (Lipinski definition) is 2. The summed E-state index contributed by atoms with van der Waals surface area (Å²) in [6.45, 7) is -0.193. The van der Waals surface area contributed by atoms with Crippen molar-refractivity contribution in [2.75, 3.05) is 6.54 Å². The lowest BCUT2D eigenvalue weighted by Gasteiger charge is -2.19. The maximum absolute atomic E-state index is 13.3. The maximum atomic E-state index is 13.3. The Morgan fingerprint density at radius 3 is 2.47 bits per heavy atom. The number of halogens is 1. The van der Waals surface area contributed by atoms with Crippen molar-refractivity contribution in [2.45, 2.75) is 12.5 Å². The van der Waals surface area contributed by atoms with E-state index in [9.17, 15) is 14.0 Å². The Morgan fingerprint density at radius 2 is 1.72 bits per heavy atom. The average molecular weight is 430 g/mol. The first kappa shape index (κ1) is 21.2. The van der Waals surface area contributed by atoms with Gasteiger partial charge < -0.3 is 15.2 Å². The summed E-state index contributed by atoms with van der Waals surface area (Å²) in [4.78, 5) is 29.6. The number of carbonyl (C=O) groups excluding carboxylic acids is 2. The fourth-order valence-corrected chi connectivity index (χ4v) is 3.65. The number of para-hydroxylation sites is 2. The Balaban J connectivity index is 1.48. The second-order valence-corrected chi connectivity index (χ2v) is 7.51. The Kier molecular flexibility index (Phi) is 6.26. The van der Waals surface area contributed by atoms with Crippen molar-refractivity contribution in [3.63, 3.8) is 0 Å². The van der Waals surface area contributed by atoms with Gasteiger partial charge in [-0.3, -0.25) is 9.59 Å². The molecule has 2 amide bonds. The second kappa shape index (κ2) is 9.43. The lowest BCUT2D eigenvalue weighted by molar-refractivity contribution is -0.126. The van der Waals surface area contributed by atoms with Crippen LogP contribution in [0.25, 0.3) is 11.0 Å². The molecular weight excluding hydrogens is 407 g/mol. The molecule has 0 aliphatic heterocycles. The lowest BCUT2D eigenvalue weighted by atomic mass is 10.1.